The number of aliphatic carboxylic acids is 1. The van der Waals surface area contributed by atoms with Crippen LogP contribution in [0.2, 0.25) is 0 Å². The van der Waals surface area contributed by atoms with Crippen LogP contribution in [0.3, 0.4) is 0 Å². The van der Waals surface area contributed by atoms with Crippen molar-refractivity contribution in [2.45, 2.75) is 45.0 Å². The van der Waals surface area contributed by atoms with Crippen LogP contribution in [0, 0.1) is 11.8 Å². The second-order valence-electron chi connectivity index (χ2n) is 8.91. The van der Waals surface area contributed by atoms with Gasteiger partial charge in [-0.2, -0.15) is 0 Å². The van der Waals surface area contributed by atoms with E-state index in [9.17, 15) is 34.2 Å². The van der Waals surface area contributed by atoms with Gasteiger partial charge in [0.05, 0.1) is 31.3 Å². The molecule has 3 N–H and O–H groups in total. The Morgan fingerprint density at radius 2 is 1.82 bits per heavy atom. The van der Waals surface area contributed by atoms with E-state index in [4.69, 9.17) is 4.74 Å². The van der Waals surface area contributed by atoms with Gasteiger partial charge in [-0.1, -0.05) is 6.92 Å². The van der Waals surface area contributed by atoms with Crippen molar-refractivity contribution in [1.82, 2.24) is 20.0 Å². The van der Waals surface area contributed by atoms with Crippen LogP contribution in [0.25, 0.3) is 0 Å². The standard InChI is InChI=1S/C21H28N4O8S/c1-9-14-13(11(3)26)19(29)25(14)15(20(30)31)16(9)34-8-12-18(28)24(21(32)22-12)10(2)17(27)23-4-6-33-7-5-23/h9-14,26H,4-8H2,1-3H3,(H,22,32)(H,30,31)/t9-,10?,11-,12+,13-,14-/m1/s1. The number of nitrogens with zero attached hydrogens (tertiary/aromatic N) is 3. The largest absolute Gasteiger partial charge is 0.477 e. The lowest BCUT2D eigenvalue weighted by molar-refractivity contribution is -0.163. The molecule has 3 saturated heterocycles. The molecule has 5 amide bonds. The molecule has 0 radical (unpaired) electrons. The first kappa shape index (κ1) is 24.5. The lowest BCUT2D eigenvalue weighted by atomic mass is 9.79. The van der Waals surface area contributed by atoms with Crippen molar-refractivity contribution >= 4 is 41.5 Å². The molecule has 34 heavy (non-hydrogen) atoms. The fourth-order valence-corrected chi connectivity index (χ4v) is 6.37. The monoisotopic (exact) mass is 496 g/mol. The molecular formula is C21H28N4O8S. The maximum atomic E-state index is 13.0. The van der Waals surface area contributed by atoms with Crippen molar-refractivity contribution < 1.29 is 38.9 Å². The Morgan fingerprint density at radius 3 is 2.41 bits per heavy atom. The quantitative estimate of drug-likeness (QED) is 0.298. The highest BCUT2D eigenvalue weighted by molar-refractivity contribution is 8.03. The SMILES string of the molecule is CC(C(=O)N1CCOCC1)N1C(=O)N[C@@H](CSC2=C(C(=O)O)N3C(=O)[C@H]([C@@H](C)O)[C@H]3[C@H]2C)C1=O. The predicted octanol–water partition coefficient (Wildman–Crippen LogP) is -0.959. The van der Waals surface area contributed by atoms with E-state index >= 15 is 0 Å². The minimum absolute atomic E-state index is 0.0457. The number of hydrogen-bond donors (Lipinski definition) is 3. The maximum Gasteiger partial charge on any atom is 0.353 e. The number of urea groups is 1. The average molecular weight is 497 g/mol. The van der Waals surface area contributed by atoms with Crippen LogP contribution in [0.4, 0.5) is 4.79 Å². The highest BCUT2D eigenvalue weighted by Crippen LogP contribution is 2.50. The summed E-state index contributed by atoms with van der Waals surface area (Å²) in [6.45, 7) is 6.35. The van der Waals surface area contributed by atoms with Crippen molar-refractivity contribution in [1.29, 1.82) is 0 Å². The molecule has 186 valence electrons. The number of carboxylic acids is 1. The van der Waals surface area contributed by atoms with Crippen molar-refractivity contribution in [3.05, 3.63) is 10.6 Å². The minimum Gasteiger partial charge on any atom is -0.477 e. The van der Waals surface area contributed by atoms with Crippen molar-refractivity contribution in [2.75, 3.05) is 32.1 Å². The summed E-state index contributed by atoms with van der Waals surface area (Å²) in [5.41, 5.74) is -0.145. The third kappa shape index (κ3) is 3.85. The van der Waals surface area contributed by atoms with Gasteiger partial charge in [0.1, 0.15) is 17.8 Å². The Hall–Kier alpha value is -2.64. The zero-order valence-corrected chi connectivity index (χ0v) is 19.9. The second kappa shape index (κ2) is 9.19. The van der Waals surface area contributed by atoms with Gasteiger partial charge < -0.3 is 30.1 Å². The number of β-lactam (4-membered cyclic amide) rings is 1. The summed E-state index contributed by atoms with van der Waals surface area (Å²) in [5.74, 6) is -3.58. The van der Waals surface area contributed by atoms with Crippen LogP contribution in [0.1, 0.15) is 20.8 Å². The first-order valence-corrected chi connectivity index (χ1v) is 12.2. The third-order valence-electron chi connectivity index (χ3n) is 6.84. The summed E-state index contributed by atoms with van der Waals surface area (Å²) in [6, 6.07) is -3.06. The van der Waals surface area contributed by atoms with E-state index in [2.05, 4.69) is 5.32 Å². The van der Waals surface area contributed by atoms with E-state index in [1.807, 2.05) is 0 Å². The Balaban J connectivity index is 1.45. The van der Waals surface area contributed by atoms with Crippen LogP contribution in [-0.4, -0.2) is 111 Å². The summed E-state index contributed by atoms with van der Waals surface area (Å²) in [7, 11) is 0. The average Bonchev–Trinajstić information content (AvgIpc) is 3.21. The van der Waals surface area contributed by atoms with Gasteiger partial charge in [-0.15, -0.1) is 11.8 Å². The number of nitrogens with one attached hydrogen (secondary N) is 1. The van der Waals surface area contributed by atoms with Gasteiger partial charge in [0, 0.05) is 29.7 Å². The van der Waals surface area contributed by atoms with Crippen molar-refractivity contribution in [3.63, 3.8) is 0 Å². The number of imide groups is 1. The minimum atomic E-state index is -1.26. The van der Waals surface area contributed by atoms with E-state index in [-0.39, 0.29) is 23.3 Å². The van der Waals surface area contributed by atoms with Crippen LogP contribution >= 0.6 is 11.8 Å². The number of hydrogen-bond acceptors (Lipinski definition) is 8. The number of fused-ring (bicyclic) bond motifs is 1. The normalized spacial score (nSPS) is 30.8. The number of carbonyl (C=O) groups excluding carboxylic acids is 4. The molecule has 4 aliphatic rings. The maximum absolute atomic E-state index is 13.0. The lowest BCUT2D eigenvalue weighted by Crippen LogP contribution is -2.63. The summed E-state index contributed by atoms with van der Waals surface area (Å²) in [5, 5.41) is 22.3. The predicted molar refractivity (Wildman–Crippen MR) is 118 cm³/mol. The van der Waals surface area contributed by atoms with Crippen LogP contribution < -0.4 is 5.32 Å². The van der Waals surface area contributed by atoms with Crippen molar-refractivity contribution in [3.8, 4) is 0 Å². The number of thioether (sulfide) groups is 1. The molecule has 4 rings (SSSR count). The van der Waals surface area contributed by atoms with Crippen molar-refractivity contribution in [2.24, 2.45) is 11.8 Å². The smallest absolute Gasteiger partial charge is 0.353 e. The first-order valence-electron chi connectivity index (χ1n) is 11.2. The lowest BCUT2D eigenvalue weighted by Gasteiger charge is -2.46. The molecule has 13 heteroatoms. The molecule has 4 heterocycles. The van der Waals surface area contributed by atoms with E-state index in [1.165, 1.54) is 18.7 Å². The van der Waals surface area contributed by atoms with Gasteiger partial charge in [-0.05, 0) is 13.8 Å². The molecule has 0 aromatic rings. The van der Waals surface area contributed by atoms with Gasteiger partial charge in [0.2, 0.25) is 11.8 Å². The second-order valence-corrected chi connectivity index (χ2v) is 9.97. The Morgan fingerprint density at radius 1 is 1.18 bits per heavy atom. The zero-order valence-electron chi connectivity index (χ0n) is 19.1. The Labute approximate surface area is 200 Å². The number of ether oxygens (including phenoxy) is 1. The van der Waals surface area contributed by atoms with Crippen LogP contribution in [0.15, 0.2) is 10.6 Å². The zero-order chi connectivity index (χ0) is 24.9. The summed E-state index contributed by atoms with van der Waals surface area (Å²) < 4.78 is 5.23. The molecule has 6 atom stereocenters. The summed E-state index contributed by atoms with van der Waals surface area (Å²) in [6.07, 6.45) is -0.912. The number of carboxylic acid groups (broad SMARTS) is 1. The van der Waals surface area contributed by atoms with E-state index in [0.717, 1.165) is 16.7 Å². The van der Waals surface area contributed by atoms with Gasteiger partial charge in [0.15, 0.2) is 0 Å². The van der Waals surface area contributed by atoms with Crippen LogP contribution in [0.5, 0.6) is 0 Å². The summed E-state index contributed by atoms with van der Waals surface area (Å²) >= 11 is 1.09. The molecule has 0 aromatic heterocycles. The highest BCUT2D eigenvalue weighted by atomic mass is 32.2. The van der Waals surface area contributed by atoms with Gasteiger partial charge in [-0.3, -0.25) is 19.3 Å². The third-order valence-corrected chi connectivity index (χ3v) is 8.21. The Bertz CT molecular complexity index is 962. The molecule has 0 spiro atoms. The Kier molecular flexibility index (Phi) is 6.62. The van der Waals surface area contributed by atoms with Crippen LogP contribution in [-0.2, 0) is 23.9 Å². The molecule has 0 aliphatic carbocycles. The summed E-state index contributed by atoms with van der Waals surface area (Å²) in [4.78, 5) is 66.8. The van der Waals surface area contributed by atoms with Gasteiger partial charge >= 0.3 is 12.0 Å². The topological polar surface area (TPSA) is 157 Å². The highest BCUT2D eigenvalue weighted by Gasteiger charge is 2.60. The fourth-order valence-electron chi connectivity index (χ4n) is 5.07. The molecule has 0 aromatic carbocycles. The van der Waals surface area contributed by atoms with Gasteiger partial charge in [-0.25, -0.2) is 9.59 Å². The number of aliphatic hydroxyl groups is 1. The molecule has 3 fully saturated rings. The number of carbonyl (C=O) groups is 5. The van der Waals surface area contributed by atoms with E-state index < -0.39 is 54.0 Å². The number of amides is 5. The molecule has 4 aliphatic heterocycles. The molecular weight excluding hydrogens is 468 g/mol. The van der Waals surface area contributed by atoms with Gasteiger partial charge in [0.25, 0.3) is 5.91 Å². The fraction of sp³-hybridized carbons (Fsp3) is 0.667. The first-order chi connectivity index (χ1) is 16.1. The molecule has 0 bridgehead atoms. The number of morpholine rings is 1. The molecule has 0 saturated carbocycles. The van der Waals surface area contributed by atoms with E-state index in [1.54, 1.807) is 11.8 Å². The van der Waals surface area contributed by atoms with E-state index in [0.29, 0.717) is 31.2 Å². The molecule has 12 nitrogen and oxygen atoms in total. The number of rotatable bonds is 7. The molecule has 1 unspecified atom stereocenters. The number of aliphatic hydroxyl groups excluding tert-OH is 1.